The normalized spacial score (nSPS) is 17.1. The van der Waals surface area contributed by atoms with Gasteiger partial charge in [0.1, 0.15) is 10.6 Å². The smallest absolute Gasteiger partial charge is 0.352 e. The van der Waals surface area contributed by atoms with E-state index in [0.717, 1.165) is 0 Å². The van der Waals surface area contributed by atoms with Crippen molar-refractivity contribution in [1.82, 2.24) is 8.87 Å². The highest BCUT2D eigenvalue weighted by Gasteiger charge is 2.37. The summed E-state index contributed by atoms with van der Waals surface area (Å²) >= 11 is 0. The van der Waals surface area contributed by atoms with Crippen molar-refractivity contribution in [3.05, 3.63) is 18.0 Å². The Hall–Kier alpha value is -1.38. The minimum atomic E-state index is -3.66. The van der Waals surface area contributed by atoms with Crippen LogP contribution in [0.2, 0.25) is 0 Å². The van der Waals surface area contributed by atoms with E-state index in [1.54, 1.807) is 0 Å². The van der Waals surface area contributed by atoms with Crippen molar-refractivity contribution in [3.8, 4) is 0 Å². The summed E-state index contributed by atoms with van der Waals surface area (Å²) in [7, 11) is -3.66. The van der Waals surface area contributed by atoms with Crippen LogP contribution in [0.25, 0.3) is 0 Å². The average molecular weight is 302 g/mol. The van der Waals surface area contributed by atoms with Crippen LogP contribution in [-0.2, 0) is 16.6 Å². The fourth-order valence-electron chi connectivity index (χ4n) is 2.21. The molecule has 0 bridgehead atoms. The summed E-state index contributed by atoms with van der Waals surface area (Å²) in [5, 5.41) is 18.0. The van der Waals surface area contributed by atoms with Gasteiger partial charge in [-0.3, -0.25) is 0 Å². The zero-order valence-corrected chi connectivity index (χ0v) is 12.0. The molecule has 1 fully saturated rings. The van der Waals surface area contributed by atoms with Crippen LogP contribution in [0.3, 0.4) is 0 Å². The maximum absolute atomic E-state index is 12.3. The maximum atomic E-state index is 12.3. The summed E-state index contributed by atoms with van der Waals surface area (Å²) < 4.78 is 27.3. The number of rotatable bonds is 6. The molecular weight excluding hydrogens is 284 g/mol. The van der Waals surface area contributed by atoms with E-state index in [2.05, 4.69) is 0 Å². The molecule has 112 valence electrons. The minimum Gasteiger partial charge on any atom is -0.477 e. The van der Waals surface area contributed by atoms with Crippen molar-refractivity contribution < 1.29 is 23.4 Å². The molecule has 1 aliphatic heterocycles. The number of carboxylic acids is 1. The van der Waals surface area contributed by atoms with Gasteiger partial charge in [0.05, 0.1) is 0 Å². The van der Waals surface area contributed by atoms with Crippen LogP contribution in [0.4, 0.5) is 0 Å². The SMILES string of the molecule is CCCn1cc(S(=O)(=O)N2CC(CO)C2)cc1C(=O)O. The lowest BCUT2D eigenvalue weighted by Crippen LogP contribution is -2.51. The lowest BCUT2D eigenvalue weighted by Gasteiger charge is -2.36. The van der Waals surface area contributed by atoms with E-state index in [1.165, 1.54) is 21.1 Å². The summed E-state index contributed by atoms with van der Waals surface area (Å²) in [6.45, 7) is 2.86. The Balaban J connectivity index is 2.28. The number of sulfonamides is 1. The van der Waals surface area contributed by atoms with Crippen molar-refractivity contribution >= 4 is 16.0 Å². The van der Waals surface area contributed by atoms with E-state index in [4.69, 9.17) is 10.2 Å². The van der Waals surface area contributed by atoms with Crippen molar-refractivity contribution in [2.24, 2.45) is 5.92 Å². The number of hydrogen-bond donors (Lipinski definition) is 2. The van der Waals surface area contributed by atoms with E-state index in [-0.39, 0.29) is 36.2 Å². The third kappa shape index (κ3) is 2.58. The second-order valence-electron chi connectivity index (χ2n) is 4.93. The lowest BCUT2D eigenvalue weighted by atomic mass is 10.1. The highest BCUT2D eigenvalue weighted by molar-refractivity contribution is 7.89. The van der Waals surface area contributed by atoms with E-state index >= 15 is 0 Å². The first-order valence-electron chi connectivity index (χ1n) is 6.44. The quantitative estimate of drug-likeness (QED) is 0.782. The Morgan fingerprint density at radius 2 is 2.10 bits per heavy atom. The van der Waals surface area contributed by atoms with Crippen molar-refractivity contribution in [1.29, 1.82) is 0 Å². The molecule has 2 heterocycles. The molecule has 0 unspecified atom stereocenters. The minimum absolute atomic E-state index is 0.000241. The topological polar surface area (TPSA) is 99.8 Å². The van der Waals surface area contributed by atoms with Gasteiger partial charge in [-0.05, 0) is 12.5 Å². The van der Waals surface area contributed by atoms with Gasteiger partial charge in [-0.15, -0.1) is 0 Å². The zero-order chi connectivity index (χ0) is 14.9. The molecule has 20 heavy (non-hydrogen) atoms. The highest BCUT2D eigenvalue weighted by atomic mass is 32.2. The van der Waals surface area contributed by atoms with Gasteiger partial charge in [-0.25, -0.2) is 13.2 Å². The second-order valence-corrected chi connectivity index (χ2v) is 6.87. The van der Waals surface area contributed by atoms with Crippen molar-refractivity contribution in [2.75, 3.05) is 19.7 Å². The third-order valence-electron chi connectivity index (χ3n) is 3.37. The Kier molecular flexibility index (Phi) is 4.17. The molecule has 0 atom stereocenters. The summed E-state index contributed by atoms with van der Waals surface area (Å²) in [5.74, 6) is -1.17. The molecule has 8 heteroatoms. The molecular formula is C12H18N2O5S. The van der Waals surface area contributed by atoms with Gasteiger partial charge in [-0.2, -0.15) is 4.31 Å². The molecule has 0 saturated carbocycles. The number of hydrogen-bond acceptors (Lipinski definition) is 4. The molecule has 1 aromatic rings. The van der Waals surface area contributed by atoms with Gasteiger partial charge in [-0.1, -0.05) is 6.92 Å². The molecule has 1 saturated heterocycles. The van der Waals surface area contributed by atoms with Crippen LogP contribution in [0.15, 0.2) is 17.2 Å². The number of aromatic nitrogens is 1. The third-order valence-corrected chi connectivity index (χ3v) is 5.17. The van der Waals surface area contributed by atoms with E-state index in [9.17, 15) is 13.2 Å². The second kappa shape index (κ2) is 5.55. The summed E-state index contributed by atoms with van der Waals surface area (Å²) in [4.78, 5) is 11.1. The first kappa shape index (κ1) is 15.0. The number of aliphatic hydroxyl groups excluding tert-OH is 1. The molecule has 0 spiro atoms. The van der Waals surface area contributed by atoms with Gasteiger partial charge >= 0.3 is 5.97 Å². The lowest BCUT2D eigenvalue weighted by molar-refractivity contribution is 0.0685. The number of nitrogens with zero attached hydrogens (tertiary/aromatic N) is 2. The van der Waals surface area contributed by atoms with Crippen LogP contribution < -0.4 is 0 Å². The zero-order valence-electron chi connectivity index (χ0n) is 11.2. The Morgan fingerprint density at radius 1 is 1.45 bits per heavy atom. The number of aliphatic hydroxyl groups is 1. The predicted octanol–water partition coefficient (Wildman–Crippen LogP) is 0.209. The average Bonchev–Trinajstić information content (AvgIpc) is 2.72. The summed E-state index contributed by atoms with van der Waals surface area (Å²) in [6.07, 6.45) is 2.08. The fraction of sp³-hybridized carbons (Fsp3) is 0.583. The molecule has 1 aromatic heterocycles. The van der Waals surface area contributed by atoms with Gasteiger partial charge in [0.2, 0.25) is 10.0 Å². The van der Waals surface area contributed by atoms with Gasteiger partial charge in [0.15, 0.2) is 0 Å². The first-order chi connectivity index (χ1) is 9.40. The van der Waals surface area contributed by atoms with Gasteiger partial charge < -0.3 is 14.8 Å². The standard InChI is InChI=1S/C12H18N2O5S/c1-2-3-13-7-10(4-11(13)12(16)17)20(18,19)14-5-9(6-14)8-15/h4,7,9,15H,2-3,5-6,8H2,1H3,(H,16,17). The number of aryl methyl sites for hydroxylation is 1. The van der Waals surface area contributed by atoms with Gasteiger partial charge in [0, 0.05) is 38.4 Å². The molecule has 2 rings (SSSR count). The Morgan fingerprint density at radius 3 is 2.60 bits per heavy atom. The molecule has 0 aromatic carbocycles. The first-order valence-corrected chi connectivity index (χ1v) is 7.88. The number of carbonyl (C=O) groups is 1. The van der Waals surface area contributed by atoms with Crippen LogP contribution in [0.5, 0.6) is 0 Å². The largest absolute Gasteiger partial charge is 0.477 e. The van der Waals surface area contributed by atoms with Crippen LogP contribution in [0, 0.1) is 5.92 Å². The van der Waals surface area contributed by atoms with E-state index < -0.39 is 16.0 Å². The van der Waals surface area contributed by atoms with Crippen molar-refractivity contribution in [2.45, 2.75) is 24.8 Å². The van der Waals surface area contributed by atoms with Crippen LogP contribution >= 0.6 is 0 Å². The maximum Gasteiger partial charge on any atom is 0.352 e. The van der Waals surface area contributed by atoms with Gasteiger partial charge in [0.25, 0.3) is 0 Å². The van der Waals surface area contributed by atoms with Crippen molar-refractivity contribution in [3.63, 3.8) is 0 Å². The summed E-state index contributed by atoms with van der Waals surface area (Å²) in [6, 6.07) is 1.19. The number of carboxylic acid groups (broad SMARTS) is 1. The van der Waals surface area contributed by atoms with Crippen LogP contribution in [0.1, 0.15) is 23.8 Å². The Labute approximate surface area is 117 Å². The van der Waals surface area contributed by atoms with E-state index in [1.807, 2.05) is 6.92 Å². The predicted molar refractivity (Wildman–Crippen MR) is 71.0 cm³/mol. The molecule has 1 aliphatic rings. The molecule has 2 N–H and O–H groups in total. The van der Waals surface area contributed by atoms with Crippen LogP contribution in [-0.4, -0.2) is 53.2 Å². The molecule has 7 nitrogen and oxygen atoms in total. The molecule has 0 amide bonds. The monoisotopic (exact) mass is 302 g/mol. The molecule has 0 aliphatic carbocycles. The van der Waals surface area contributed by atoms with E-state index in [0.29, 0.717) is 13.0 Å². The highest BCUT2D eigenvalue weighted by Crippen LogP contribution is 2.26. The fourth-order valence-corrected chi connectivity index (χ4v) is 3.85. The Bertz CT molecular complexity index is 601. The number of aromatic carboxylic acids is 1. The summed E-state index contributed by atoms with van der Waals surface area (Å²) in [5.41, 5.74) is -0.0235. The molecule has 0 radical (unpaired) electrons.